The van der Waals surface area contributed by atoms with Crippen LogP contribution in [0.5, 0.6) is 5.75 Å². The van der Waals surface area contributed by atoms with Crippen LogP contribution in [0.25, 0.3) is 11.1 Å². The molecule has 2 unspecified atom stereocenters. The highest BCUT2D eigenvalue weighted by atomic mass is 16.5. The van der Waals surface area contributed by atoms with E-state index in [0.717, 1.165) is 12.2 Å². The lowest BCUT2D eigenvalue weighted by Crippen LogP contribution is -2.43. The van der Waals surface area contributed by atoms with Gasteiger partial charge in [0.25, 0.3) is 0 Å². The largest absolute Gasteiger partial charge is 0.497 e. The Kier molecular flexibility index (Phi) is 3.90. The number of amides is 1. The lowest BCUT2D eigenvalue weighted by atomic mass is 9.88. The van der Waals surface area contributed by atoms with E-state index in [2.05, 4.69) is 41.7 Å². The van der Waals surface area contributed by atoms with E-state index in [0.29, 0.717) is 6.54 Å². The molecule has 0 heterocycles. The molecule has 4 nitrogen and oxygen atoms in total. The van der Waals surface area contributed by atoms with Crippen LogP contribution in [0.15, 0.2) is 42.5 Å². The van der Waals surface area contributed by atoms with Crippen molar-refractivity contribution in [3.8, 4) is 16.9 Å². The van der Waals surface area contributed by atoms with Gasteiger partial charge in [0, 0.05) is 19.1 Å². The van der Waals surface area contributed by atoms with Crippen LogP contribution in [0.2, 0.25) is 0 Å². The van der Waals surface area contributed by atoms with E-state index in [1.54, 1.807) is 14.2 Å². The van der Waals surface area contributed by atoms with Crippen LogP contribution in [-0.2, 0) is 14.9 Å². The van der Waals surface area contributed by atoms with Crippen molar-refractivity contribution in [1.82, 2.24) is 5.32 Å². The zero-order chi connectivity index (χ0) is 19.4. The fourth-order valence-corrected chi connectivity index (χ4v) is 4.56. The highest BCUT2D eigenvalue weighted by molar-refractivity contribution is 5.86. The Hall–Kier alpha value is -2.33. The molecule has 1 fully saturated rings. The Morgan fingerprint density at radius 2 is 1.78 bits per heavy atom. The number of hydrogen-bond donors (Lipinski definition) is 1. The SMILES string of the molecule is COc1ccc2c(c1)C1(CC1(CNC(=O)C(C)(C)C)OC)c1ccccc1-2. The summed E-state index contributed by atoms with van der Waals surface area (Å²) >= 11 is 0. The fraction of sp³-hybridized carbons (Fsp3) is 0.435. The second kappa shape index (κ2) is 5.83. The number of benzene rings is 2. The number of methoxy groups -OCH3 is 2. The number of nitrogens with one attached hydrogen (secondary N) is 1. The quantitative estimate of drug-likeness (QED) is 0.894. The fourth-order valence-electron chi connectivity index (χ4n) is 4.56. The molecule has 0 aliphatic heterocycles. The Morgan fingerprint density at radius 3 is 2.44 bits per heavy atom. The summed E-state index contributed by atoms with van der Waals surface area (Å²) in [6, 6.07) is 14.8. The molecule has 4 heteroatoms. The van der Waals surface area contributed by atoms with E-state index in [4.69, 9.17) is 9.47 Å². The van der Waals surface area contributed by atoms with Crippen LogP contribution in [0.3, 0.4) is 0 Å². The van der Waals surface area contributed by atoms with Crippen molar-refractivity contribution in [2.75, 3.05) is 20.8 Å². The third kappa shape index (κ3) is 2.43. The summed E-state index contributed by atoms with van der Waals surface area (Å²) < 4.78 is 11.6. The monoisotopic (exact) mass is 365 g/mol. The van der Waals surface area contributed by atoms with Crippen LogP contribution in [0.4, 0.5) is 0 Å². The Labute approximate surface area is 160 Å². The van der Waals surface area contributed by atoms with Crippen molar-refractivity contribution in [3.63, 3.8) is 0 Å². The van der Waals surface area contributed by atoms with Crippen LogP contribution in [-0.4, -0.2) is 32.3 Å². The third-order valence-electron chi connectivity index (χ3n) is 6.17. The third-order valence-corrected chi connectivity index (χ3v) is 6.17. The molecular formula is C23H27NO3. The zero-order valence-corrected chi connectivity index (χ0v) is 16.7. The minimum Gasteiger partial charge on any atom is -0.497 e. The molecule has 0 saturated heterocycles. The van der Waals surface area contributed by atoms with Gasteiger partial charge in [-0.05, 0) is 40.8 Å². The maximum Gasteiger partial charge on any atom is 0.225 e. The van der Waals surface area contributed by atoms with E-state index in [-0.39, 0.29) is 11.3 Å². The van der Waals surface area contributed by atoms with E-state index in [9.17, 15) is 4.79 Å². The molecule has 1 amide bonds. The minimum atomic E-state index is -0.443. The molecule has 4 rings (SSSR count). The van der Waals surface area contributed by atoms with Crippen molar-refractivity contribution in [1.29, 1.82) is 0 Å². The first kappa shape index (κ1) is 18.1. The molecule has 0 radical (unpaired) electrons. The van der Waals surface area contributed by atoms with E-state index >= 15 is 0 Å². The smallest absolute Gasteiger partial charge is 0.225 e. The first-order valence-corrected chi connectivity index (χ1v) is 9.41. The van der Waals surface area contributed by atoms with Crippen LogP contribution in [0, 0.1) is 5.41 Å². The van der Waals surface area contributed by atoms with Gasteiger partial charge in [0.05, 0.1) is 12.5 Å². The number of carbonyl (C=O) groups excluding carboxylic acids is 1. The van der Waals surface area contributed by atoms with Gasteiger partial charge in [-0.3, -0.25) is 4.79 Å². The summed E-state index contributed by atoms with van der Waals surface area (Å²) in [7, 11) is 3.44. The average molecular weight is 365 g/mol. The topological polar surface area (TPSA) is 47.6 Å². The summed E-state index contributed by atoms with van der Waals surface area (Å²) in [5.41, 5.74) is 3.87. The standard InChI is InChI=1S/C23H27NO3/c1-21(2,3)20(25)24-14-22(27-5)13-23(22)18-9-7-6-8-16(18)17-11-10-15(26-4)12-19(17)23/h6-12H,13-14H2,1-5H3,(H,24,25). The van der Waals surface area contributed by atoms with Crippen LogP contribution >= 0.6 is 0 Å². The van der Waals surface area contributed by atoms with Crippen LogP contribution in [0.1, 0.15) is 38.3 Å². The predicted molar refractivity (Wildman–Crippen MR) is 106 cm³/mol. The molecule has 1 saturated carbocycles. The van der Waals surface area contributed by atoms with Crippen molar-refractivity contribution >= 4 is 5.91 Å². The van der Waals surface area contributed by atoms with E-state index in [1.807, 2.05) is 26.8 Å². The average Bonchev–Trinajstić information content (AvgIpc) is 3.26. The summed E-state index contributed by atoms with van der Waals surface area (Å²) in [5, 5.41) is 3.12. The molecule has 2 atom stereocenters. The molecule has 2 aliphatic carbocycles. The van der Waals surface area contributed by atoms with Crippen molar-refractivity contribution in [2.45, 2.75) is 38.2 Å². The predicted octanol–water partition coefficient (Wildman–Crippen LogP) is 3.91. The Morgan fingerprint density at radius 1 is 1.07 bits per heavy atom. The Balaban J connectivity index is 1.78. The molecule has 0 bridgehead atoms. The normalized spacial score (nSPS) is 25.1. The van der Waals surface area contributed by atoms with Gasteiger partial charge in [0.15, 0.2) is 0 Å². The Bertz CT molecular complexity index is 914. The van der Waals surface area contributed by atoms with Gasteiger partial charge in [0.2, 0.25) is 5.91 Å². The number of rotatable bonds is 4. The molecular weight excluding hydrogens is 338 g/mol. The summed E-state index contributed by atoms with van der Waals surface area (Å²) in [6.45, 7) is 6.27. The number of ether oxygens (including phenoxy) is 2. The first-order valence-electron chi connectivity index (χ1n) is 9.41. The number of hydrogen-bond acceptors (Lipinski definition) is 3. The summed E-state index contributed by atoms with van der Waals surface area (Å²) in [4.78, 5) is 12.5. The summed E-state index contributed by atoms with van der Waals surface area (Å²) in [6.07, 6.45) is 0.845. The molecule has 1 N–H and O–H groups in total. The maximum atomic E-state index is 12.5. The van der Waals surface area contributed by atoms with Crippen molar-refractivity contribution in [2.24, 2.45) is 5.41 Å². The zero-order valence-electron chi connectivity index (χ0n) is 16.7. The van der Waals surface area contributed by atoms with Gasteiger partial charge in [0.1, 0.15) is 11.4 Å². The van der Waals surface area contributed by atoms with Gasteiger partial charge in [-0.25, -0.2) is 0 Å². The second-order valence-electron chi connectivity index (χ2n) is 8.67. The van der Waals surface area contributed by atoms with Crippen LogP contribution < -0.4 is 10.1 Å². The molecule has 142 valence electrons. The van der Waals surface area contributed by atoms with Gasteiger partial charge in [-0.1, -0.05) is 51.1 Å². The van der Waals surface area contributed by atoms with E-state index in [1.165, 1.54) is 22.3 Å². The van der Waals surface area contributed by atoms with E-state index < -0.39 is 11.0 Å². The van der Waals surface area contributed by atoms with Gasteiger partial charge >= 0.3 is 0 Å². The molecule has 2 aromatic carbocycles. The van der Waals surface area contributed by atoms with Gasteiger partial charge in [-0.2, -0.15) is 0 Å². The minimum absolute atomic E-state index is 0.0399. The van der Waals surface area contributed by atoms with Gasteiger partial charge in [-0.15, -0.1) is 0 Å². The summed E-state index contributed by atoms with van der Waals surface area (Å²) in [5.74, 6) is 0.884. The lowest BCUT2D eigenvalue weighted by Gasteiger charge is -2.26. The lowest BCUT2D eigenvalue weighted by molar-refractivity contribution is -0.129. The molecule has 1 spiro atoms. The highest BCUT2D eigenvalue weighted by Crippen LogP contribution is 2.69. The number of fused-ring (bicyclic) bond motifs is 5. The molecule has 0 aromatic heterocycles. The van der Waals surface area contributed by atoms with Crippen molar-refractivity contribution < 1.29 is 14.3 Å². The first-order chi connectivity index (χ1) is 12.8. The molecule has 2 aromatic rings. The maximum absolute atomic E-state index is 12.5. The van der Waals surface area contributed by atoms with Crippen molar-refractivity contribution in [3.05, 3.63) is 53.6 Å². The molecule has 27 heavy (non-hydrogen) atoms. The number of carbonyl (C=O) groups is 1. The highest BCUT2D eigenvalue weighted by Gasteiger charge is 2.73. The second-order valence-corrected chi connectivity index (χ2v) is 8.67. The van der Waals surface area contributed by atoms with Gasteiger partial charge < -0.3 is 14.8 Å². The molecule has 2 aliphatic rings.